The van der Waals surface area contributed by atoms with Gasteiger partial charge in [0.15, 0.2) is 17.3 Å². The predicted molar refractivity (Wildman–Crippen MR) is 75.7 cm³/mol. The fourth-order valence-electron chi connectivity index (χ4n) is 2.23. The molecule has 0 saturated carbocycles. The van der Waals surface area contributed by atoms with Crippen molar-refractivity contribution < 1.29 is 14.3 Å². The number of H-pyrrole nitrogens is 1. The molecule has 5 heteroatoms. The van der Waals surface area contributed by atoms with Gasteiger partial charge in [-0.3, -0.25) is 4.79 Å². The molecule has 19 heavy (non-hydrogen) atoms. The Hall–Kier alpha value is -1.68. The predicted octanol–water partition coefficient (Wildman–Crippen LogP) is 3.69. The van der Waals surface area contributed by atoms with E-state index < -0.39 is 0 Å². The summed E-state index contributed by atoms with van der Waals surface area (Å²) in [5.74, 6) is 1.18. The molecule has 2 rings (SSSR count). The van der Waals surface area contributed by atoms with Crippen LogP contribution in [0.5, 0.6) is 11.5 Å². The van der Waals surface area contributed by atoms with Gasteiger partial charge in [-0.1, -0.05) is 0 Å². The van der Waals surface area contributed by atoms with E-state index in [4.69, 9.17) is 21.1 Å². The van der Waals surface area contributed by atoms with Crippen LogP contribution >= 0.6 is 11.6 Å². The number of ether oxygens (including phenoxy) is 2. The number of hydrogen-bond donors (Lipinski definition) is 1. The maximum Gasteiger partial charge on any atom is 0.176 e. The van der Waals surface area contributed by atoms with E-state index in [0.29, 0.717) is 17.2 Å². The summed E-state index contributed by atoms with van der Waals surface area (Å²) in [4.78, 5) is 14.8. The van der Waals surface area contributed by atoms with Crippen molar-refractivity contribution in [1.29, 1.82) is 0 Å². The van der Waals surface area contributed by atoms with E-state index >= 15 is 0 Å². The first-order chi connectivity index (χ1) is 8.99. The van der Waals surface area contributed by atoms with Crippen molar-refractivity contribution in [2.24, 2.45) is 0 Å². The average Bonchev–Trinajstić information content (AvgIpc) is 2.75. The highest BCUT2D eigenvalue weighted by atomic mass is 35.5. The molecule has 102 valence electrons. The Morgan fingerprint density at radius 3 is 2.32 bits per heavy atom. The molecule has 0 fully saturated rings. The highest BCUT2D eigenvalue weighted by Gasteiger charge is 2.20. The number of halogens is 1. The van der Waals surface area contributed by atoms with Crippen molar-refractivity contribution in [3.8, 4) is 11.5 Å². The number of Topliss-reactive ketones (excluding diaryl/α,β-unsaturated/α-hetero) is 1. The molecule has 0 bridgehead atoms. The normalized spacial score (nSPS) is 12.5. The molecule has 1 unspecified atom stereocenters. The second-order valence-electron chi connectivity index (χ2n) is 4.34. The summed E-state index contributed by atoms with van der Waals surface area (Å²) in [7, 11) is 3.15. The number of benzene rings is 1. The van der Waals surface area contributed by atoms with Gasteiger partial charge in [-0.15, -0.1) is 11.6 Å². The average molecular weight is 282 g/mol. The van der Waals surface area contributed by atoms with Gasteiger partial charge in [0.25, 0.3) is 0 Å². The lowest BCUT2D eigenvalue weighted by Gasteiger charge is -2.08. The van der Waals surface area contributed by atoms with Gasteiger partial charge in [0.2, 0.25) is 0 Å². The number of hydrogen-bond acceptors (Lipinski definition) is 3. The van der Waals surface area contributed by atoms with Gasteiger partial charge in [-0.2, -0.15) is 0 Å². The minimum absolute atomic E-state index is 0.0448. The SMILES string of the molecule is COc1cc2[nH]c(C(C)=O)c(C(C)Cl)c2cc1OC. The molecule has 0 saturated heterocycles. The van der Waals surface area contributed by atoms with E-state index in [0.717, 1.165) is 16.5 Å². The van der Waals surface area contributed by atoms with Crippen LogP contribution in [0.15, 0.2) is 12.1 Å². The van der Waals surface area contributed by atoms with E-state index in [1.165, 1.54) is 6.92 Å². The molecule has 0 aliphatic heterocycles. The monoisotopic (exact) mass is 281 g/mol. The van der Waals surface area contributed by atoms with E-state index in [-0.39, 0.29) is 11.2 Å². The largest absolute Gasteiger partial charge is 0.493 e. The smallest absolute Gasteiger partial charge is 0.176 e. The Labute approximate surface area is 116 Å². The molecule has 4 nitrogen and oxygen atoms in total. The Balaban J connectivity index is 2.81. The lowest BCUT2D eigenvalue weighted by Crippen LogP contribution is -1.98. The number of aromatic nitrogens is 1. The van der Waals surface area contributed by atoms with Crippen LogP contribution in [0.25, 0.3) is 10.9 Å². The van der Waals surface area contributed by atoms with Crippen LogP contribution in [-0.2, 0) is 0 Å². The van der Waals surface area contributed by atoms with Crippen LogP contribution in [-0.4, -0.2) is 25.0 Å². The molecule has 1 heterocycles. The molecule has 0 aliphatic carbocycles. The van der Waals surface area contributed by atoms with Crippen molar-refractivity contribution in [3.05, 3.63) is 23.4 Å². The number of methoxy groups -OCH3 is 2. The van der Waals surface area contributed by atoms with Gasteiger partial charge in [0, 0.05) is 23.9 Å². The number of rotatable bonds is 4. The number of alkyl halides is 1. The van der Waals surface area contributed by atoms with Crippen LogP contribution in [0.4, 0.5) is 0 Å². The standard InChI is InChI=1S/C14H16ClNO3/c1-7(15)13-9-5-11(18-3)12(19-4)6-10(9)16-14(13)8(2)17/h5-7,16H,1-4H3. The maximum atomic E-state index is 11.7. The first-order valence-electron chi connectivity index (χ1n) is 5.92. The van der Waals surface area contributed by atoms with Gasteiger partial charge in [-0.25, -0.2) is 0 Å². The molecule has 0 spiro atoms. The Kier molecular flexibility index (Phi) is 3.71. The van der Waals surface area contributed by atoms with Crippen molar-refractivity contribution in [2.45, 2.75) is 19.2 Å². The first-order valence-corrected chi connectivity index (χ1v) is 6.35. The van der Waals surface area contributed by atoms with Gasteiger partial charge in [0.1, 0.15) is 0 Å². The summed E-state index contributed by atoms with van der Waals surface area (Å²) in [5.41, 5.74) is 2.14. The molecule has 0 aliphatic rings. The number of aromatic amines is 1. The molecule has 1 aromatic heterocycles. The van der Waals surface area contributed by atoms with Crippen LogP contribution in [0.2, 0.25) is 0 Å². The molecule has 0 radical (unpaired) electrons. The van der Waals surface area contributed by atoms with Crippen molar-refractivity contribution >= 4 is 28.3 Å². The van der Waals surface area contributed by atoms with E-state index in [1.807, 2.05) is 19.1 Å². The third-order valence-corrected chi connectivity index (χ3v) is 3.31. The topological polar surface area (TPSA) is 51.3 Å². The van der Waals surface area contributed by atoms with Gasteiger partial charge >= 0.3 is 0 Å². The van der Waals surface area contributed by atoms with Crippen molar-refractivity contribution in [1.82, 2.24) is 4.98 Å². The molecule has 2 aromatic rings. The Morgan fingerprint density at radius 2 is 1.84 bits per heavy atom. The zero-order valence-electron chi connectivity index (χ0n) is 11.3. The van der Waals surface area contributed by atoms with Crippen LogP contribution in [0.3, 0.4) is 0 Å². The summed E-state index contributed by atoms with van der Waals surface area (Å²) in [6, 6.07) is 3.65. The van der Waals surface area contributed by atoms with Crippen molar-refractivity contribution in [2.75, 3.05) is 14.2 Å². The lowest BCUT2D eigenvalue weighted by atomic mass is 10.1. The third-order valence-electron chi connectivity index (χ3n) is 3.09. The van der Waals surface area contributed by atoms with E-state index in [1.54, 1.807) is 14.2 Å². The zero-order valence-corrected chi connectivity index (χ0v) is 12.1. The van der Waals surface area contributed by atoms with Crippen LogP contribution in [0, 0.1) is 0 Å². The van der Waals surface area contributed by atoms with E-state index in [2.05, 4.69) is 4.98 Å². The summed E-state index contributed by atoms with van der Waals surface area (Å²) in [6.45, 7) is 3.36. The van der Waals surface area contributed by atoms with Gasteiger partial charge in [0.05, 0.1) is 30.8 Å². The number of carbonyl (C=O) groups excluding carboxylic acids is 1. The molecule has 1 aromatic carbocycles. The molecular weight excluding hydrogens is 266 g/mol. The quantitative estimate of drug-likeness (QED) is 0.687. The van der Waals surface area contributed by atoms with Crippen molar-refractivity contribution in [3.63, 3.8) is 0 Å². The fraction of sp³-hybridized carbons (Fsp3) is 0.357. The summed E-state index contributed by atoms with van der Waals surface area (Å²) >= 11 is 6.20. The van der Waals surface area contributed by atoms with Gasteiger partial charge in [-0.05, 0) is 13.0 Å². The second kappa shape index (κ2) is 5.13. The summed E-state index contributed by atoms with van der Waals surface area (Å²) < 4.78 is 10.5. The zero-order chi connectivity index (χ0) is 14.2. The Morgan fingerprint density at radius 1 is 1.26 bits per heavy atom. The third kappa shape index (κ3) is 2.28. The lowest BCUT2D eigenvalue weighted by molar-refractivity contribution is 0.101. The number of nitrogens with one attached hydrogen (secondary N) is 1. The molecule has 1 atom stereocenters. The maximum absolute atomic E-state index is 11.7. The first kappa shape index (κ1) is 13.7. The fourth-order valence-corrected chi connectivity index (χ4v) is 2.46. The van der Waals surface area contributed by atoms with Gasteiger partial charge < -0.3 is 14.5 Å². The number of carbonyl (C=O) groups is 1. The van der Waals surface area contributed by atoms with Crippen LogP contribution < -0.4 is 9.47 Å². The minimum Gasteiger partial charge on any atom is -0.493 e. The molecule has 1 N–H and O–H groups in total. The van der Waals surface area contributed by atoms with Crippen LogP contribution in [0.1, 0.15) is 35.3 Å². The minimum atomic E-state index is -0.272. The summed E-state index contributed by atoms with van der Waals surface area (Å²) in [5, 5.41) is 0.608. The summed E-state index contributed by atoms with van der Waals surface area (Å²) in [6.07, 6.45) is 0. The second-order valence-corrected chi connectivity index (χ2v) is 4.99. The Bertz CT molecular complexity index is 631. The number of fused-ring (bicyclic) bond motifs is 1. The molecule has 0 amide bonds. The van der Waals surface area contributed by atoms with E-state index in [9.17, 15) is 4.79 Å². The number of ketones is 1. The highest BCUT2D eigenvalue weighted by molar-refractivity contribution is 6.22. The molecular formula is C14H16ClNO3. The highest BCUT2D eigenvalue weighted by Crippen LogP contribution is 2.38.